The van der Waals surface area contributed by atoms with E-state index in [0.29, 0.717) is 29.8 Å². The number of nitrogens with zero attached hydrogens (tertiary/aromatic N) is 2. The number of hydrogen-bond donors (Lipinski definition) is 4. The Hall–Kier alpha value is -2.32. The summed E-state index contributed by atoms with van der Waals surface area (Å²) in [5.74, 6) is 2.24. The second kappa shape index (κ2) is 16.0. The zero-order valence-electron chi connectivity index (χ0n) is 30.0. The molecule has 2 unspecified atom stereocenters. The summed E-state index contributed by atoms with van der Waals surface area (Å²) in [6.45, 7) is 31.8. The number of rotatable bonds is 12. The molecule has 0 radical (unpaired) electrons. The minimum Gasteiger partial charge on any atom is -0.399 e. The number of carbonyl (C=O) groups excluding carboxylic acids is 1. The van der Waals surface area contributed by atoms with E-state index in [4.69, 9.17) is 11.5 Å². The molecule has 1 aliphatic heterocycles. The molecule has 0 spiro atoms. The molecule has 45 heavy (non-hydrogen) atoms. The summed E-state index contributed by atoms with van der Waals surface area (Å²) < 4.78 is 16.1. The summed E-state index contributed by atoms with van der Waals surface area (Å²) >= 11 is 0. The lowest BCUT2D eigenvalue weighted by molar-refractivity contribution is -0.122. The van der Waals surface area contributed by atoms with Gasteiger partial charge in [0.05, 0.1) is 11.6 Å². The molecule has 0 aromatic carbocycles. The molecule has 1 heterocycles. The van der Waals surface area contributed by atoms with Crippen LogP contribution in [0.2, 0.25) is 0 Å². The predicted octanol–water partition coefficient (Wildman–Crippen LogP) is 6.80. The first-order valence-electron chi connectivity index (χ1n) is 17.2. The van der Waals surface area contributed by atoms with Crippen LogP contribution < -0.4 is 22.1 Å². The molecule has 8 heteroatoms. The van der Waals surface area contributed by atoms with Crippen molar-refractivity contribution in [3.05, 3.63) is 49.1 Å². The Morgan fingerprint density at radius 3 is 2.00 bits per heavy atom. The lowest BCUT2D eigenvalue weighted by atomic mass is 9.83. The normalized spacial score (nSPS) is 25.1. The molecule has 4 rings (SSSR count). The van der Waals surface area contributed by atoms with Crippen molar-refractivity contribution in [3.63, 3.8) is 0 Å². The van der Waals surface area contributed by atoms with Gasteiger partial charge in [-0.05, 0) is 80.9 Å². The molecule has 258 valence electrons. The van der Waals surface area contributed by atoms with Crippen molar-refractivity contribution in [1.29, 1.82) is 0 Å². The van der Waals surface area contributed by atoms with Crippen LogP contribution >= 0.6 is 0 Å². The molecular weight excluding hydrogens is 563 g/mol. The average molecular weight is 631 g/mol. The van der Waals surface area contributed by atoms with E-state index in [1.54, 1.807) is 6.92 Å². The molecule has 0 bridgehead atoms. The van der Waals surface area contributed by atoms with Crippen LogP contribution in [0.3, 0.4) is 0 Å². The smallest absolute Gasteiger partial charge is 0.152 e. The van der Waals surface area contributed by atoms with E-state index in [0.717, 1.165) is 48.8 Å². The number of halogens is 1. The summed E-state index contributed by atoms with van der Waals surface area (Å²) in [6.07, 6.45) is 10.8. The minimum atomic E-state index is -0.634. The first-order chi connectivity index (χ1) is 20.8. The Labute approximate surface area is 275 Å². The van der Waals surface area contributed by atoms with Crippen molar-refractivity contribution >= 4 is 5.78 Å². The van der Waals surface area contributed by atoms with E-state index >= 15 is 4.48 Å². The van der Waals surface area contributed by atoms with Gasteiger partial charge >= 0.3 is 0 Å². The topological polar surface area (TPSA) is 99.6 Å². The Bertz CT molecular complexity index is 1040. The Morgan fingerprint density at radius 2 is 1.60 bits per heavy atom. The summed E-state index contributed by atoms with van der Waals surface area (Å²) in [5.41, 5.74) is 12.8. The third kappa shape index (κ3) is 10.3. The van der Waals surface area contributed by atoms with Crippen LogP contribution in [0.5, 0.6) is 0 Å². The molecule has 3 saturated carbocycles. The van der Waals surface area contributed by atoms with Crippen LogP contribution in [0.1, 0.15) is 106 Å². The molecule has 4 fully saturated rings. The monoisotopic (exact) mass is 631 g/mol. The van der Waals surface area contributed by atoms with Gasteiger partial charge in [0.1, 0.15) is 11.9 Å². The van der Waals surface area contributed by atoms with E-state index in [9.17, 15) is 4.79 Å². The van der Waals surface area contributed by atoms with Gasteiger partial charge in [-0.1, -0.05) is 104 Å². The molecule has 3 aliphatic carbocycles. The molecule has 0 aromatic heterocycles. The quantitative estimate of drug-likeness (QED) is 0.107. The number of likely N-dealkylation sites (tertiary alicyclic amines) is 1. The van der Waals surface area contributed by atoms with Crippen LogP contribution in [0.25, 0.3) is 0 Å². The fourth-order valence-electron chi connectivity index (χ4n) is 7.23. The van der Waals surface area contributed by atoms with E-state index in [-0.39, 0.29) is 28.6 Å². The summed E-state index contributed by atoms with van der Waals surface area (Å²) in [5, 5.41) is 7.28. The molecule has 7 nitrogen and oxygen atoms in total. The van der Waals surface area contributed by atoms with Crippen LogP contribution in [-0.4, -0.2) is 60.1 Å². The van der Waals surface area contributed by atoms with Gasteiger partial charge in [0.2, 0.25) is 0 Å². The third-order valence-electron chi connectivity index (χ3n) is 10.5. The number of piperidine rings is 1. The largest absolute Gasteiger partial charge is 0.399 e. The van der Waals surface area contributed by atoms with Crippen molar-refractivity contribution in [2.45, 2.75) is 124 Å². The number of Topliss-reactive ketones (excluding diaryl/α,β-unsaturated/α-hetero) is 1. The average Bonchev–Trinajstić information content (AvgIpc) is 3.83. The second-order valence-electron chi connectivity index (χ2n) is 15.8. The lowest BCUT2D eigenvalue weighted by Crippen LogP contribution is -2.55. The van der Waals surface area contributed by atoms with E-state index in [2.05, 4.69) is 55.7 Å². The molecule has 4 aliphatic rings. The zero-order valence-corrected chi connectivity index (χ0v) is 30.0. The third-order valence-corrected chi connectivity index (χ3v) is 10.5. The highest BCUT2D eigenvalue weighted by molar-refractivity contribution is 5.83. The van der Waals surface area contributed by atoms with Crippen molar-refractivity contribution in [2.75, 3.05) is 26.7 Å². The highest BCUT2D eigenvalue weighted by Gasteiger charge is 2.68. The molecule has 0 aromatic rings. The van der Waals surface area contributed by atoms with Crippen LogP contribution in [0.15, 0.2) is 49.1 Å². The fourth-order valence-corrected chi connectivity index (χ4v) is 7.23. The van der Waals surface area contributed by atoms with Crippen LogP contribution in [-0.2, 0) is 4.79 Å². The van der Waals surface area contributed by atoms with Gasteiger partial charge in [0.15, 0.2) is 5.78 Å². The van der Waals surface area contributed by atoms with Crippen molar-refractivity contribution in [1.82, 2.24) is 20.7 Å². The number of allylic oxidation sites excluding steroid dienone is 1. The highest BCUT2D eigenvalue weighted by atomic mass is 19.2. The van der Waals surface area contributed by atoms with Crippen LogP contribution in [0, 0.1) is 28.6 Å². The first-order valence-corrected chi connectivity index (χ1v) is 17.2. The van der Waals surface area contributed by atoms with Crippen LogP contribution in [0.4, 0.5) is 4.48 Å². The molecule has 6 N–H and O–H groups in total. The van der Waals surface area contributed by atoms with Crippen molar-refractivity contribution < 1.29 is 9.28 Å². The standard InChI is InChI=1S/C26H45FN4O.C6H13N.C5H9N/c1-17(30-15-20-21(25(20,7)8)22(30)18(2)32)23(24(4,5)6)31(27)19(3)29-26(16-28)13-11-9-10-12-14-26;1-7-5-4-6-2-3-6;1-4(2)5(3)6/h20-23,29H,1,3,9-16,28H2,2,4-8H3;6-7H,2-5H2,1H3;1,3,6H2,2H3/t20-,21-,22?,23?;;/m0../s1. The number of hydrogen-bond acceptors (Lipinski definition) is 7. The second-order valence-corrected chi connectivity index (χ2v) is 15.8. The summed E-state index contributed by atoms with van der Waals surface area (Å²) in [6, 6.07) is -0.857. The summed E-state index contributed by atoms with van der Waals surface area (Å²) in [4.78, 5) is 14.7. The maximum atomic E-state index is 16.1. The van der Waals surface area contributed by atoms with Gasteiger partial charge in [0, 0.05) is 24.5 Å². The van der Waals surface area contributed by atoms with Crippen molar-refractivity contribution in [2.24, 2.45) is 40.1 Å². The number of carbonyl (C=O) groups is 1. The Kier molecular flexibility index (Phi) is 13.8. The Morgan fingerprint density at radius 1 is 1.07 bits per heavy atom. The van der Waals surface area contributed by atoms with Gasteiger partial charge in [-0.25, -0.2) is 0 Å². The maximum Gasteiger partial charge on any atom is 0.152 e. The first kappa shape index (κ1) is 38.9. The minimum absolute atomic E-state index is 0.139. The number of ketones is 1. The molecule has 0 amide bonds. The van der Waals surface area contributed by atoms with E-state index in [1.165, 1.54) is 38.6 Å². The highest BCUT2D eigenvalue weighted by Crippen LogP contribution is 2.65. The fraction of sp³-hybridized carbons (Fsp3) is 0.757. The SMILES string of the molecule is C=C(C)C(=C)N.C=C(NC1(CN)CCCCCC1)N(F)C(C(=C)N1C[C@H]2[C@@H](C1C(C)=O)C2(C)C)C(C)(C)C.CNCCC1CC1. The van der Waals surface area contributed by atoms with Gasteiger partial charge < -0.3 is 27.0 Å². The summed E-state index contributed by atoms with van der Waals surface area (Å²) in [7, 11) is 2.02. The van der Waals surface area contributed by atoms with Crippen molar-refractivity contribution in [3.8, 4) is 0 Å². The number of fused-ring (bicyclic) bond motifs is 1. The van der Waals surface area contributed by atoms with Gasteiger partial charge in [0.25, 0.3) is 0 Å². The van der Waals surface area contributed by atoms with Gasteiger partial charge in [-0.2, -0.15) is 5.12 Å². The zero-order chi connectivity index (χ0) is 34.3. The van der Waals surface area contributed by atoms with E-state index in [1.807, 2.05) is 34.7 Å². The number of nitrogens with two attached hydrogens (primary N) is 2. The van der Waals surface area contributed by atoms with E-state index < -0.39 is 11.5 Å². The lowest BCUT2D eigenvalue weighted by Gasteiger charge is -2.45. The predicted molar refractivity (Wildman–Crippen MR) is 188 cm³/mol. The Balaban J connectivity index is 0.000000449. The number of nitrogens with one attached hydrogen (secondary N) is 2. The molecule has 4 atom stereocenters. The molecule has 1 saturated heterocycles. The molecular formula is C37H67FN6O. The van der Waals surface area contributed by atoms with Gasteiger partial charge in [-0.3, -0.25) is 4.79 Å². The maximum absolute atomic E-state index is 16.1. The van der Waals surface area contributed by atoms with Gasteiger partial charge in [-0.15, -0.1) is 0 Å².